The molecular weight excluding hydrogens is 416 g/mol. The molecule has 1 aliphatic rings. The molecule has 0 saturated carbocycles. The molecule has 0 spiro atoms. The van der Waals surface area contributed by atoms with Crippen LogP contribution in [0, 0.1) is 0 Å². The summed E-state index contributed by atoms with van der Waals surface area (Å²) in [7, 11) is -11.1. The summed E-state index contributed by atoms with van der Waals surface area (Å²) in [6.45, 7) is 5.66. The van der Waals surface area contributed by atoms with E-state index in [0.29, 0.717) is 6.17 Å². The molecule has 26 heavy (non-hydrogen) atoms. The van der Waals surface area contributed by atoms with Gasteiger partial charge in [-0.25, -0.2) is 16.8 Å². The van der Waals surface area contributed by atoms with E-state index in [1.165, 1.54) is 19.4 Å². The zero-order valence-corrected chi connectivity index (χ0v) is 15.6. The summed E-state index contributed by atoms with van der Waals surface area (Å²) in [4.78, 5) is 4.61. The Morgan fingerprint density at radius 1 is 0.962 bits per heavy atom. The monoisotopic (exact) mass is 435 g/mol. The first-order valence-corrected chi connectivity index (χ1v) is 10.00. The van der Waals surface area contributed by atoms with Crippen LogP contribution in [0.25, 0.3) is 0 Å². The fraction of sp³-hybridized carbons (Fsp3) is 0.818. The van der Waals surface area contributed by atoms with Crippen LogP contribution in [-0.2, 0) is 20.0 Å². The van der Waals surface area contributed by atoms with Crippen molar-refractivity contribution in [2.24, 2.45) is 0 Å². The lowest BCUT2D eigenvalue weighted by molar-refractivity contribution is -0.0476. The van der Waals surface area contributed by atoms with E-state index in [4.69, 9.17) is 0 Å². The molecule has 0 saturated heterocycles. The summed E-state index contributed by atoms with van der Waals surface area (Å²) < 4.78 is 108. The van der Waals surface area contributed by atoms with Crippen molar-refractivity contribution < 1.29 is 43.2 Å². The lowest BCUT2D eigenvalue weighted by Crippen LogP contribution is -2.45. The second-order valence-electron chi connectivity index (χ2n) is 5.17. The number of nitrogens with zero attached hydrogens (tertiary/aromatic N) is 2. The summed E-state index contributed by atoms with van der Waals surface area (Å²) in [6, 6.07) is 0. The van der Waals surface area contributed by atoms with Crippen molar-refractivity contribution in [2.45, 2.75) is 43.9 Å². The number of sulfonamides is 2. The molecule has 0 radical (unpaired) electrons. The van der Waals surface area contributed by atoms with Crippen molar-refractivity contribution in [2.75, 3.05) is 13.6 Å². The molecule has 156 valence electrons. The van der Waals surface area contributed by atoms with Crippen LogP contribution in [0.2, 0.25) is 0 Å². The molecule has 1 N–H and O–H groups in total. The standard InChI is InChI=1S/C9H18N2.C2HF6NO4S2/c1-4-5-6-11-8-7-10(3)9(11)2;3-1(4,5)14(10,11)9-15(12,13)2(6,7)8/h7-9H,4-6H2,1-3H3;9H. The molecule has 0 amide bonds. The van der Waals surface area contributed by atoms with Crippen molar-refractivity contribution in [3.63, 3.8) is 0 Å². The Morgan fingerprint density at radius 2 is 1.38 bits per heavy atom. The highest BCUT2D eigenvalue weighted by Gasteiger charge is 2.55. The maximum Gasteiger partial charge on any atom is 0.512 e. The first kappa shape index (κ1) is 24.8. The molecule has 1 unspecified atom stereocenters. The maximum absolute atomic E-state index is 11.5. The van der Waals surface area contributed by atoms with E-state index in [1.807, 2.05) is 0 Å². The molecule has 0 aromatic carbocycles. The average molecular weight is 435 g/mol. The number of hydrogen-bond acceptors (Lipinski definition) is 6. The SMILES string of the molecule is CCCCN1C=CN(C)C1C.O=S(=O)(NS(=O)(=O)C(F)(F)F)C(F)(F)F. The Balaban J connectivity index is 0.000000502. The average Bonchev–Trinajstić information content (AvgIpc) is 2.73. The minimum Gasteiger partial charge on any atom is -0.359 e. The van der Waals surface area contributed by atoms with Crippen LogP contribution in [0.15, 0.2) is 12.4 Å². The van der Waals surface area contributed by atoms with Gasteiger partial charge in [0.2, 0.25) is 0 Å². The van der Waals surface area contributed by atoms with E-state index in [2.05, 4.69) is 43.1 Å². The lowest BCUT2D eigenvalue weighted by Gasteiger charge is -2.26. The molecule has 0 aromatic rings. The summed E-state index contributed by atoms with van der Waals surface area (Å²) in [5.41, 5.74) is -12.3. The van der Waals surface area contributed by atoms with E-state index in [0.717, 1.165) is 0 Å². The largest absolute Gasteiger partial charge is 0.512 e. The van der Waals surface area contributed by atoms with Gasteiger partial charge in [0.25, 0.3) is 0 Å². The number of rotatable bonds is 5. The van der Waals surface area contributed by atoms with Gasteiger partial charge in [0, 0.05) is 26.0 Å². The molecule has 15 heteroatoms. The van der Waals surface area contributed by atoms with Crippen molar-refractivity contribution in [3.8, 4) is 0 Å². The van der Waals surface area contributed by atoms with Crippen LogP contribution in [0.3, 0.4) is 0 Å². The molecule has 1 rings (SSSR count). The van der Waals surface area contributed by atoms with E-state index < -0.39 is 35.2 Å². The molecule has 0 bridgehead atoms. The third kappa shape index (κ3) is 6.83. The van der Waals surface area contributed by atoms with Gasteiger partial charge >= 0.3 is 31.1 Å². The smallest absolute Gasteiger partial charge is 0.359 e. The molecule has 0 aromatic heterocycles. The summed E-state index contributed by atoms with van der Waals surface area (Å²) in [5, 5.41) is 0. The van der Waals surface area contributed by atoms with E-state index in [1.54, 1.807) is 0 Å². The number of nitrogens with one attached hydrogen (secondary N) is 1. The minimum atomic E-state index is -6.60. The van der Waals surface area contributed by atoms with Crippen LogP contribution in [-0.4, -0.2) is 57.4 Å². The highest BCUT2D eigenvalue weighted by atomic mass is 32.3. The number of hydrogen-bond donors (Lipinski definition) is 1. The predicted octanol–water partition coefficient (Wildman–Crippen LogP) is 2.13. The van der Waals surface area contributed by atoms with Crippen molar-refractivity contribution in [1.29, 1.82) is 0 Å². The van der Waals surface area contributed by atoms with Crippen molar-refractivity contribution in [3.05, 3.63) is 12.4 Å². The number of unbranched alkanes of at least 4 members (excludes halogenated alkanes) is 1. The summed E-state index contributed by atoms with van der Waals surface area (Å²) >= 11 is 0. The lowest BCUT2D eigenvalue weighted by atomic mass is 10.3. The number of alkyl halides is 6. The van der Waals surface area contributed by atoms with Gasteiger partial charge < -0.3 is 9.80 Å². The van der Waals surface area contributed by atoms with Crippen LogP contribution < -0.4 is 4.13 Å². The topological polar surface area (TPSA) is 86.8 Å². The van der Waals surface area contributed by atoms with E-state index in [9.17, 15) is 43.2 Å². The highest BCUT2D eigenvalue weighted by molar-refractivity contribution is 8.05. The first-order chi connectivity index (χ1) is 11.5. The van der Waals surface area contributed by atoms with Crippen LogP contribution >= 0.6 is 0 Å². The maximum atomic E-state index is 11.5. The van der Waals surface area contributed by atoms with Crippen molar-refractivity contribution >= 4 is 20.0 Å². The van der Waals surface area contributed by atoms with Gasteiger partial charge in [-0.15, -0.1) is 0 Å². The predicted molar refractivity (Wildman–Crippen MR) is 81.1 cm³/mol. The normalized spacial score (nSPS) is 18.7. The number of halogens is 6. The Labute approximate surface area is 147 Å². The van der Waals surface area contributed by atoms with Crippen LogP contribution in [0.4, 0.5) is 26.3 Å². The second kappa shape index (κ2) is 8.65. The summed E-state index contributed by atoms with van der Waals surface area (Å²) in [5.74, 6) is 0. The quantitative estimate of drug-likeness (QED) is 0.666. The van der Waals surface area contributed by atoms with E-state index >= 15 is 0 Å². The van der Waals surface area contributed by atoms with Gasteiger partial charge in [-0.1, -0.05) is 17.5 Å². The molecule has 1 aliphatic heterocycles. The Hall–Kier alpha value is -1.22. The van der Waals surface area contributed by atoms with Gasteiger partial charge in [-0.05, 0) is 13.3 Å². The van der Waals surface area contributed by atoms with Gasteiger partial charge in [-0.2, -0.15) is 26.3 Å². The minimum absolute atomic E-state index is 0.493. The van der Waals surface area contributed by atoms with Gasteiger partial charge in [-0.3, -0.25) is 0 Å². The van der Waals surface area contributed by atoms with Crippen LogP contribution in [0.1, 0.15) is 26.7 Å². The fourth-order valence-electron chi connectivity index (χ4n) is 1.51. The van der Waals surface area contributed by atoms with E-state index in [-0.39, 0.29) is 0 Å². The summed E-state index contributed by atoms with van der Waals surface area (Å²) in [6.07, 6.45) is 7.45. The van der Waals surface area contributed by atoms with Gasteiger partial charge in [0.1, 0.15) is 0 Å². The molecular formula is C11H19F6N3O4S2. The Bertz CT molecular complexity index is 646. The third-order valence-electron chi connectivity index (χ3n) is 3.16. The molecule has 0 fully saturated rings. The first-order valence-electron chi connectivity index (χ1n) is 7.03. The third-order valence-corrected chi connectivity index (χ3v) is 6.14. The Morgan fingerprint density at radius 3 is 1.65 bits per heavy atom. The highest BCUT2D eigenvalue weighted by Crippen LogP contribution is 2.27. The van der Waals surface area contributed by atoms with Gasteiger partial charge in [0.15, 0.2) is 0 Å². The molecule has 0 aliphatic carbocycles. The van der Waals surface area contributed by atoms with Crippen LogP contribution in [0.5, 0.6) is 0 Å². The zero-order valence-electron chi connectivity index (χ0n) is 14.0. The molecule has 1 atom stereocenters. The Kier molecular flexibility index (Phi) is 8.24. The van der Waals surface area contributed by atoms with Gasteiger partial charge in [0.05, 0.1) is 6.17 Å². The zero-order chi connectivity index (χ0) is 21.0. The fourth-order valence-corrected chi connectivity index (χ4v) is 3.43. The second-order valence-corrected chi connectivity index (χ2v) is 8.77. The molecule has 7 nitrogen and oxygen atoms in total. The van der Waals surface area contributed by atoms with Crippen molar-refractivity contribution in [1.82, 2.24) is 13.9 Å². The molecule has 1 heterocycles.